The maximum Gasteiger partial charge on any atom is 0.319 e. The van der Waals surface area contributed by atoms with Crippen LogP contribution in [0.1, 0.15) is 6.42 Å². The highest BCUT2D eigenvalue weighted by atomic mass is 16.3. The lowest BCUT2D eigenvalue weighted by atomic mass is 10.2. The summed E-state index contributed by atoms with van der Waals surface area (Å²) >= 11 is 0. The van der Waals surface area contributed by atoms with E-state index >= 15 is 0 Å². The van der Waals surface area contributed by atoms with Gasteiger partial charge >= 0.3 is 12.1 Å². The van der Waals surface area contributed by atoms with Crippen LogP contribution < -0.4 is 21.3 Å². The van der Waals surface area contributed by atoms with Gasteiger partial charge in [0, 0.05) is 17.8 Å². The normalized spacial score (nSPS) is 22.1. The number of aliphatic hydroxyl groups excluding tert-OH is 2. The highest BCUT2D eigenvalue weighted by Gasteiger charge is 2.12. The molecule has 4 amide bonds. The molecule has 8 nitrogen and oxygen atoms in total. The van der Waals surface area contributed by atoms with Gasteiger partial charge in [0.15, 0.2) is 0 Å². The summed E-state index contributed by atoms with van der Waals surface area (Å²) < 4.78 is 0. The van der Waals surface area contributed by atoms with E-state index < -0.39 is 6.03 Å². The van der Waals surface area contributed by atoms with Crippen LogP contribution in [0.3, 0.4) is 0 Å². The zero-order chi connectivity index (χ0) is 22.1. The molecule has 3 rings (SSSR count). The fourth-order valence-electron chi connectivity index (χ4n) is 2.84. The Morgan fingerprint density at radius 2 is 1.39 bits per heavy atom. The fourth-order valence-corrected chi connectivity index (χ4v) is 2.84. The van der Waals surface area contributed by atoms with Gasteiger partial charge in [0.25, 0.3) is 0 Å². The lowest BCUT2D eigenvalue weighted by molar-refractivity contribution is 0.241. The van der Waals surface area contributed by atoms with Gasteiger partial charge in [-0.25, -0.2) is 9.59 Å². The number of rotatable bonds is 4. The van der Waals surface area contributed by atoms with Crippen LogP contribution >= 0.6 is 0 Å². The SMILES string of the molecule is O=C(NC1=CC=C[C@H](NC(=O)NC2=CC=C(O)C=CC2)C=C1)N[C@H]1C=CC=C(O)C=C1. The molecule has 160 valence electrons. The molecule has 0 saturated heterocycles. The third kappa shape index (κ3) is 7.28. The van der Waals surface area contributed by atoms with E-state index in [0.29, 0.717) is 17.8 Å². The molecule has 0 saturated carbocycles. The van der Waals surface area contributed by atoms with E-state index in [9.17, 15) is 19.8 Å². The van der Waals surface area contributed by atoms with Crippen molar-refractivity contribution < 1.29 is 19.8 Å². The van der Waals surface area contributed by atoms with Crippen LogP contribution in [-0.4, -0.2) is 34.4 Å². The summed E-state index contributed by atoms with van der Waals surface area (Å²) in [5.41, 5.74) is 1.21. The van der Waals surface area contributed by atoms with Crippen molar-refractivity contribution in [3.05, 3.63) is 108 Å². The Balaban J connectivity index is 1.48. The highest BCUT2D eigenvalue weighted by Crippen LogP contribution is 2.08. The van der Waals surface area contributed by atoms with Gasteiger partial charge in [0.05, 0.1) is 12.1 Å². The van der Waals surface area contributed by atoms with Gasteiger partial charge in [-0.3, -0.25) is 0 Å². The summed E-state index contributed by atoms with van der Waals surface area (Å²) in [4.78, 5) is 24.5. The van der Waals surface area contributed by atoms with E-state index in [1.807, 2.05) is 0 Å². The first-order chi connectivity index (χ1) is 15.0. The number of urea groups is 2. The minimum absolute atomic E-state index is 0.115. The van der Waals surface area contributed by atoms with Crippen LogP contribution in [0.25, 0.3) is 0 Å². The molecule has 0 aliphatic heterocycles. The fraction of sp³-hybridized carbons (Fsp3) is 0.130. The number of allylic oxidation sites excluding steroid dienone is 10. The Kier molecular flexibility index (Phi) is 7.31. The molecule has 0 bridgehead atoms. The predicted octanol–water partition coefficient (Wildman–Crippen LogP) is 3.19. The lowest BCUT2D eigenvalue weighted by Gasteiger charge is -2.13. The van der Waals surface area contributed by atoms with E-state index in [0.717, 1.165) is 0 Å². The average Bonchev–Trinajstić information content (AvgIpc) is 3.15. The van der Waals surface area contributed by atoms with Gasteiger partial charge < -0.3 is 31.5 Å². The molecule has 2 atom stereocenters. The number of amides is 4. The van der Waals surface area contributed by atoms with Crippen LogP contribution in [0, 0.1) is 0 Å². The van der Waals surface area contributed by atoms with Crippen LogP contribution in [0.15, 0.2) is 108 Å². The zero-order valence-electron chi connectivity index (χ0n) is 16.7. The zero-order valence-corrected chi connectivity index (χ0v) is 16.7. The molecule has 0 unspecified atom stereocenters. The van der Waals surface area contributed by atoms with Crippen molar-refractivity contribution >= 4 is 12.1 Å². The summed E-state index contributed by atoms with van der Waals surface area (Å²) in [5, 5.41) is 30.0. The first-order valence-corrected chi connectivity index (χ1v) is 9.72. The summed E-state index contributed by atoms with van der Waals surface area (Å²) in [5.74, 6) is 0.243. The largest absolute Gasteiger partial charge is 0.508 e. The van der Waals surface area contributed by atoms with Crippen molar-refractivity contribution in [1.29, 1.82) is 0 Å². The van der Waals surface area contributed by atoms with E-state index in [4.69, 9.17) is 0 Å². The van der Waals surface area contributed by atoms with Crippen molar-refractivity contribution in [3.63, 3.8) is 0 Å². The molecule has 0 radical (unpaired) electrons. The molecule has 6 N–H and O–H groups in total. The summed E-state index contributed by atoms with van der Waals surface area (Å²) in [7, 11) is 0. The number of hydrogen-bond donors (Lipinski definition) is 6. The average molecular weight is 420 g/mol. The molecule has 0 aromatic heterocycles. The molecule has 3 aliphatic carbocycles. The molecule has 8 heteroatoms. The van der Waals surface area contributed by atoms with E-state index in [-0.39, 0.29) is 29.6 Å². The molecule has 3 aliphatic rings. The smallest absolute Gasteiger partial charge is 0.319 e. The number of carbonyl (C=O) groups is 2. The first-order valence-electron chi connectivity index (χ1n) is 9.72. The van der Waals surface area contributed by atoms with Crippen molar-refractivity contribution in [2.75, 3.05) is 0 Å². The van der Waals surface area contributed by atoms with Crippen molar-refractivity contribution in [2.24, 2.45) is 0 Å². The third-order valence-corrected chi connectivity index (χ3v) is 4.35. The maximum absolute atomic E-state index is 12.2. The minimum Gasteiger partial charge on any atom is -0.508 e. The number of aliphatic hydroxyl groups is 2. The predicted molar refractivity (Wildman–Crippen MR) is 119 cm³/mol. The summed E-state index contributed by atoms with van der Waals surface area (Å²) in [6.45, 7) is 0. The Hall–Kier alpha value is -4.20. The van der Waals surface area contributed by atoms with Gasteiger partial charge in [-0.1, -0.05) is 42.5 Å². The van der Waals surface area contributed by atoms with Gasteiger partial charge in [-0.05, 0) is 42.5 Å². The third-order valence-electron chi connectivity index (χ3n) is 4.35. The van der Waals surface area contributed by atoms with Crippen molar-refractivity contribution in [2.45, 2.75) is 18.5 Å². The number of carbonyl (C=O) groups excluding carboxylic acids is 2. The molecule has 0 fully saturated rings. The van der Waals surface area contributed by atoms with Crippen molar-refractivity contribution in [3.8, 4) is 0 Å². The summed E-state index contributed by atoms with van der Waals surface area (Å²) in [6.07, 6.45) is 23.8. The number of hydrogen-bond acceptors (Lipinski definition) is 4. The Labute approximate surface area is 180 Å². The first kappa shape index (κ1) is 21.5. The van der Waals surface area contributed by atoms with Crippen molar-refractivity contribution in [1.82, 2.24) is 21.3 Å². The van der Waals surface area contributed by atoms with Crippen LogP contribution in [0.2, 0.25) is 0 Å². The van der Waals surface area contributed by atoms with Gasteiger partial charge in [-0.15, -0.1) is 0 Å². The van der Waals surface area contributed by atoms with E-state index in [1.165, 1.54) is 18.2 Å². The Bertz CT molecular complexity index is 993. The lowest BCUT2D eigenvalue weighted by Crippen LogP contribution is -2.40. The van der Waals surface area contributed by atoms with Crippen LogP contribution in [0.4, 0.5) is 9.59 Å². The van der Waals surface area contributed by atoms with E-state index in [1.54, 1.807) is 66.8 Å². The maximum atomic E-state index is 12.2. The topological polar surface area (TPSA) is 123 Å². The van der Waals surface area contributed by atoms with Gasteiger partial charge in [-0.2, -0.15) is 0 Å². The second-order valence-corrected chi connectivity index (χ2v) is 6.84. The minimum atomic E-state index is -0.404. The standard InChI is InChI=1S/C23H24N4O4/c28-20-8-2-6-18(12-14-20)26-22(30)24-16-4-1-5-17(11-10-16)25-23(31)27-19-7-3-9-21(29)15-13-19/h1-6,8-15,17-18,28-29H,7H2,(H2,24,26,30)(H2,25,27,31)/t17-,18-/m0/s1. The monoisotopic (exact) mass is 420 g/mol. The van der Waals surface area contributed by atoms with Crippen LogP contribution in [0.5, 0.6) is 0 Å². The molecular weight excluding hydrogens is 396 g/mol. The van der Waals surface area contributed by atoms with E-state index in [2.05, 4.69) is 21.3 Å². The molecular formula is C23H24N4O4. The quantitative estimate of drug-likeness (QED) is 0.418. The summed E-state index contributed by atoms with van der Waals surface area (Å²) in [6, 6.07) is -1.51. The molecule has 0 aromatic carbocycles. The molecule has 31 heavy (non-hydrogen) atoms. The Morgan fingerprint density at radius 1 is 0.742 bits per heavy atom. The molecule has 0 aromatic rings. The van der Waals surface area contributed by atoms with Gasteiger partial charge in [0.1, 0.15) is 11.5 Å². The molecule has 0 spiro atoms. The second-order valence-electron chi connectivity index (χ2n) is 6.84. The van der Waals surface area contributed by atoms with Crippen LogP contribution in [-0.2, 0) is 0 Å². The van der Waals surface area contributed by atoms with Gasteiger partial charge in [0.2, 0.25) is 0 Å². The number of nitrogens with one attached hydrogen (secondary N) is 4. The highest BCUT2D eigenvalue weighted by molar-refractivity contribution is 5.78. The molecule has 0 heterocycles. The Morgan fingerprint density at radius 3 is 2.16 bits per heavy atom. The second kappa shape index (κ2) is 10.5.